The van der Waals surface area contributed by atoms with Crippen molar-refractivity contribution in [1.29, 1.82) is 0 Å². The van der Waals surface area contributed by atoms with Crippen LogP contribution in [0.1, 0.15) is 25.8 Å². The number of amides is 2. The summed E-state index contributed by atoms with van der Waals surface area (Å²) in [4.78, 5) is 26.5. The van der Waals surface area contributed by atoms with E-state index in [0.717, 1.165) is 5.56 Å². The second-order valence-corrected chi connectivity index (χ2v) is 5.55. The Kier molecular flexibility index (Phi) is 4.78. The van der Waals surface area contributed by atoms with Crippen LogP contribution in [0.25, 0.3) is 0 Å². The summed E-state index contributed by atoms with van der Waals surface area (Å²) in [7, 11) is 0. The van der Waals surface area contributed by atoms with Crippen molar-refractivity contribution in [2.75, 3.05) is 0 Å². The van der Waals surface area contributed by atoms with Crippen molar-refractivity contribution in [2.24, 2.45) is 0 Å². The monoisotopic (exact) mass is 286 g/mol. The molecule has 0 aliphatic carbocycles. The van der Waals surface area contributed by atoms with Crippen LogP contribution in [0.15, 0.2) is 43.0 Å². The van der Waals surface area contributed by atoms with Gasteiger partial charge in [-0.15, -0.1) is 6.58 Å². The van der Waals surface area contributed by atoms with Gasteiger partial charge in [0.25, 0.3) is 0 Å². The van der Waals surface area contributed by atoms with Gasteiger partial charge in [0, 0.05) is 12.5 Å². The molecule has 1 aromatic carbocycles. The minimum atomic E-state index is -0.483. The summed E-state index contributed by atoms with van der Waals surface area (Å²) in [5.41, 5.74) is 1.04. The van der Waals surface area contributed by atoms with Crippen LogP contribution in [0, 0.1) is 0 Å². The number of benzene rings is 1. The zero-order valence-corrected chi connectivity index (χ0v) is 12.6. The van der Waals surface area contributed by atoms with E-state index in [4.69, 9.17) is 0 Å². The van der Waals surface area contributed by atoms with Crippen LogP contribution in [0.3, 0.4) is 0 Å². The molecule has 3 atom stereocenters. The maximum atomic E-state index is 12.7. The Bertz CT molecular complexity index is 527. The summed E-state index contributed by atoms with van der Waals surface area (Å²) < 4.78 is 0. The van der Waals surface area contributed by atoms with Crippen molar-refractivity contribution in [2.45, 2.75) is 44.8 Å². The number of carbonyl (C=O) groups is 2. The molecular formula is C17H22N2O2. The minimum Gasteiger partial charge on any atom is -0.342 e. The third kappa shape index (κ3) is 3.32. The zero-order chi connectivity index (χ0) is 15.4. The molecule has 4 heteroatoms. The van der Waals surface area contributed by atoms with Crippen molar-refractivity contribution >= 4 is 11.8 Å². The van der Waals surface area contributed by atoms with Gasteiger partial charge in [0.05, 0.1) is 0 Å². The second-order valence-electron chi connectivity index (χ2n) is 5.55. The number of piperazine rings is 1. The van der Waals surface area contributed by atoms with Crippen LogP contribution in [-0.4, -0.2) is 34.8 Å². The summed E-state index contributed by atoms with van der Waals surface area (Å²) in [6.45, 7) is 7.43. The van der Waals surface area contributed by atoms with Gasteiger partial charge < -0.3 is 10.2 Å². The van der Waals surface area contributed by atoms with E-state index in [1.807, 2.05) is 37.3 Å². The Morgan fingerprint density at radius 2 is 2.00 bits per heavy atom. The molecule has 1 aliphatic heterocycles. The molecule has 4 nitrogen and oxygen atoms in total. The minimum absolute atomic E-state index is 0.0136. The first-order chi connectivity index (χ1) is 10.0. The van der Waals surface area contributed by atoms with E-state index in [2.05, 4.69) is 11.9 Å². The molecule has 1 aromatic rings. The van der Waals surface area contributed by atoms with Gasteiger partial charge in [-0.05, 0) is 25.8 Å². The Morgan fingerprint density at radius 1 is 1.33 bits per heavy atom. The molecule has 1 fully saturated rings. The van der Waals surface area contributed by atoms with E-state index in [-0.39, 0.29) is 17.9 Å². The molecule has 0 saturated carbocycles. The van der Waals surface area contributed by atoms with Crippen molar-refractivity contribution in [1.82, 2.24) is 10.2 Å². The number of carbonyl (C=O) groups excluding carboxylic acids is 2. The standard InChI is InChI=1S/C17H22N2O2/c1-4-8-12(2)19-13(3)16(20)18-15(17(19)21)11-14-9-6-5-7-10-14/h4-7,9-10,12-13,15H,1,8,11H2,2-3H3,(H,18,20). The first-order valence-electron chi connectivity index (χ1n) is 7.32. The molecule has 0 spiro atoms. The van der Waals surface area contributed by atoms with Gasteiger partial charge in [-0.2, -0.15) is 0 Å². The molecule has 0 radical (unpaired) electrons. The first-order valence-corrected chi connectivity index (χ1v) is 7.32. The third-order valence-electron chi connectivity index (χ3n) is 3.93. The molecule has 1 N–H and O–H groups in total. The lowest BCUT2D eigenvalue weighted by Crippen LogP contribution is -2.64. The highest BCUT2D eigenvalue weighted by Gasteiger charge is 2.39. The Balaban J connectivity index is 2.18. The first kappa shape index (κ1) is 15.3. The maximum Gasteiger partial charge on any atom is 0.246 e. The maximum absolute atomic E-state index is 12.7. The van der Waals surface area contributed by atoms with Gasteiger partial charge in [0.2, 0.25) is 11.8 Å². The lowest BCUT2D eigenvalue weighted by atomic mass is 9.98. The third-order valence-corrected chi connectivity index (χ3v) is 3.93. The molecule has 21 heavy (non-hydrogen) atoms. The highest BCUT2D eigenvalue weighted by atomic mass is 16.2. The summed E-state index contributed by atoms with van der Waals surface area (Å²) in [5, 5.41) is 2.84. The van der Waals surface area contributed by atoms with Crippen molar-refractivity contribution in [3.05, 3.63) is 48.6 Å². The fourth-order valence-corrected chi connectivity index (χ4v) is 2.79. The van der Waals surface area contributed by atoms with E-state index >= 15 is 0 Å². The van der Waals surface area contributed by atoms with E-state index < -0.39 is 12.1 Å². The topological polar surface area (TPSA) is 49.4 Å². The molecule has 0 aromatic heterocycles. The van der Waals surface area contributed by atoms with Crippen LogP contribution >= 0.6 is 0 Å². The largest absolute Gasteiger partial charge is 0.342 e. The van der Waals surface area contributed by atoms with Crippen molar-refractivity contribution in [3.63, 3.8) is 0 Å². The fraction of sp³-hybridized carbons (Fsp3) is 0.412. The van der Waals surface area contributed by atoms with Crippen LogP contribution in [0.5, 0.6) is 0 Å². The van der Waals surface area contributed by atoms with Crippen molar-refractivity contribution in [3.8, 4) is 0 Å². The summed E-state index contributed by atoms with van der Waals surface area (Å²) in [6, 6.07) is 8.81. The predicted octanol–water partition coefficient (Wildman–Crippen LogP) is 1.91. The molecule has 112 valence electrons. The molecule has 1 saturated heterocycles. The number of hydrogen-bond acceptors (Lipinski definition) is 2. The van der Waals surface area contributed by atoms with Crippen LogP contribution in [0.4, 0.5) is 0 Å². The molecule has 1 aliphatic rings. The van der Waals surface area contributed by atoms with E-state index in [1.54, 1.807) is 17.9 Å². The average Bonchev–Trinajstić information content (AvgIpc) is 2.46. The highest BCUT2D eigenvalue weighted by Crippen LogP contribution is 2.18. The lowest BCUT2D eigenvalue weighted by molar-refractivity contribution is -0.150. The van der Waals surface area contributed by atoms with E-state index in [1.165, 1.54) is 0 Å². The molecule has 3 unspecified atom stereocenters. The summed E-state index contributed by atoms with van der Waals surface area (Å²) in [5.74, 6) is -0.105. The number of hydrogen-bond donors (Lipinski definition) is 1. The molecule has 1 heterocycles. The highest BCUT2D eigenvalue weighted by molar-refractivity contribution is 5.97. The Hall–Kier alpha value is -2.10. The molecular weight excluding hydrogens is 264 g/mol. The second kappa shape index (κ2) is 6.57. The summed E-state index contributed by atoms with van der Waals surface area (Å²) >= 11 is 0. The van der Waals surface area contributed by atoms with Gasteiger partial charge in [0.1, 0.15) is 12.1 Å². The van der Waals surface area contributed by atoms with Gasteiger partial charge in [-0.25, -0.2) is 0 Å². The van der Waals surface area contributed by atoms with E-state index in [0.29, 0.717) is 12.8 Å². The Morgan fingerprint density at radius 3 is 2.62 bits per heavy atom. The SMILES string of the molecule is C=CCC(C)N1C(=O)C(Cc2ccccc2)NC(=O)C1C. The van der Waals surface area contributed by atoms with Crippen LogP contribution in [-0.2, 0) is 16.0 Å². The van der Waals surface area contributed by atoms with Crippen LogP contribution < -0.4 is 5.32 Å². The quantitative estimate of drug-likeness (QED) is 0.841. The average molecular weight is 286 g/mol. The van der Waals surface area contributed by atoms with Crippen molar-refractivity contribution < 1.29 is 9.59 Å². The molecule has 2 amide bonds. The number of nitrogens with zero attached hydrogens (tertiary/aromatic N) is 1. The lowest BCUT2D eigenvalue weighted by Gasteiger charge is -2.40. The normalized spacial score (nSPS) is 23.6. The zero-order valence-electron chi connectivity index (χ0n) is 12.6. The fourth-order valence-electron chi connectivity index (χ4n) is 2.79. The summed E-state index contributed by atoms with van der Waals surface area (Å²) in [6.07, 6.45) is 2.99. The number of nitrogens with one attached hydrogen (secondary N) is 1. The van der Waals surface area contributed by atoms with Crippen LogP contribution in [0.2, 0.25) is 0 Å². The van der Waals surface area contributed by atoms with Gasteiger partial charge in [0.15, 0.2) is 0 Å². The van der Waals surface area contributed by atoms with Gasteiger partial charge in [-0.3, -0.25) is 9.59 Å². The van der Waals surface area contributed by atoms with Gasteiger partial charge >= 0.3 is 0 Å². The smallest absolute Gasteiger partial charge is 0.246 e. The predicted molar refractivity (Wildman–Crippen MR) is 82.7 cm³/mol. The Labute approximate surface area is 125 Å². The molecule has 0 bridgehead atoms. The van der Waals surface area contributed by atoms with Gasteiger partial charge in [-0.1, -0.05) is 36.4 Å². The molecule has 2 rings (SSSR count). The van der Waals surface area contributed by atoms with E-state index in [9.17, 15) is 9.59 Å². The number of rotatable bonds is 5.